The second kappa shape index (κ2) is 7.81. The van der Waals surface area contributed by atoms with E-state index < -0.39 is 6.16 Å². The quantitative estimate of drug-likeness (QED) is 0.540. The lowest BCUT2D eigenvalue weighted by Crippen LogP contribution is -2.33. The van der Waals surface area contributed by atoms with Gasteiger partial charge in [-0.05, 0) is 6.42 Å². The number of carbonyl (C=O) groups is 3. The Labute approximate surface area is 116 Å². The minimum Gasteiger partial charge on any atom is -0.426 e. The highest BCUT2D eigenvalue weighted by atomic mass is 16.8. The molecule has 2 aliphatic heterocycles. The van der Waals surface area contributed by atoms with Crippen molar-refractivity contribution in [3.63, 3.8) is 0 Å². The van der Waals surface area contributed by atoms with Crippen LogP contribution in [0.15, 0.2) is 0 Å². The van der Waals surface area contributed by atoms with E-state index in [1.807, 2.05) is 6.79 Å². The number of hydrogen-bond donors (Lipinski definition) is 0. The first-order valence-corrected chi connectivity index (χ1v) is 6.29. The Morgan fingerprint density at radius 3 is 2.70 bits per heavy atom. The molecule has 0 aliphatic carbocycles. The van der Waals surface area contributed by atoms with Crippen LogP contribution in [0.2, 0.25) is 0 Å². The van der Waals surface area contributed by atoms with Gasteiger partial charge in [-0.1, -0.05) is 6.92 Å². The molecule has 0 aromatic carbocycles. The van der Waals surface area contributed by atoms with E-state index >= 15 is 0 Å². The Morgan fingerprint density at radius 1 is 1.35 bits per heavy atom. The predicted molar refractivity (Wildman–Crippen MR) is 65.3 cm³/mol. The molecule has 2 fully saturated rings. The van der Waals surface area contributed by atoms with E-state index in [4.69, 9.17) is 23.8 Å². The average Bonchev–Trinajstić information content (AvgIpc) is 3.05. The Bertz CT molecular complexity index is 349. The van der Waals surface area contributed by atoms with Gasteiger partial charge in [-0.2, -0.15) is 5.06 Å². The first kappa shape index (κ1) is 16.4. The predicted octanol–water partition coefficient (Wildman–Crippen LogP) is 0.500. The Morgan fingerprint density at radius 2 is 2.05 bits per heavy atom. The summed E-state index contributed by atoms with van der Waals surface area (Å²) < 4.78 is 15.8. The molecular weight excluding hydrogens is 270 g/mol. The summed E-state index contributed by atoms with van der Waals surface area (Å²) in [6.07, 6.45) is -0.477. The molecule has 0 aromatic rings. The number of rotatable bonds is 2. The van der Waals surface area contributed by atoms with Crippen molar-refractivity contribution in [2.75, 3.05) is 20.3 Å². The molecule has 0 spiro atoms. The van der Waals surface area contributed by atoms with Gasteiger partial charge in [0.2, 0.25) is 0 Å². The van der Waals surface area contributed by atoms with Gasteiger partial charge in [0, 0.05) is 13.5 Å². The van der Waals surface area contributed by atoms with Crippen molar-refractivity contribution in [2.45, 2.75) is 32.2 Å². The van der Waals surface area contributed by atoms with Crippen LogP contribution in [0.4, 0.5) is 4.79 Å². The molecule has 20 heavy (non-hydrogen) atoms. The molecule has 114 valence electrons. The Balaban J connectivity index is 0.000000956. The minimum atomic E-state index is -0.888. The Kier molecular flexibility index (Phi) is 6.40. The highest BCUT2D eigenvalue weighted by Gasteiger charge is 2.44. The summed E-state index contributed by atoms with van der Waals surface area (Å²) >= 11 is 0. The molecular formula is C12H19NO7. The first-order chi connectivity index (χ1) is 9.61. The van der Waals surface area contributed by atoms with Gasteiger partial charge in [-0.15, -0.1) is 0 Å². The lowest BCUT2D eigenvalue weighted by atomic mass is 10.0. The average molecular weight is 289 g/mol. The number of nitrogens with zero attached hydrogens (tertiary/aromatic N) is 1. The fraction of sp³-hybridized carbons (Fsp3) is 0.750. The SMILES string of the molecule is C=O.CCC(=O)N(C)OC(=O)OC1COC2OCCC12. The van der Waals surface area contributed by atoms with E-state index in [0.717, 1.165) is 11.5 Å². The van der Waals surface area contributed by atoms with Gasteiger partial charge >= 0.3 is 6.16 Å². The second-order valence-electron chi connectivity index (χ2n) is 4.27. The van der Waals surface area contributed by atoms with Gasteiger partial charge in [0.05, 0.1) is 19.1 Å². The van der Waals surface area contributed by atoms with Crippen LogP contribution in [0.3, 0.4) is 0 Å². The summed E-state index contributed by atoms with van der Waals surface area (Å²) in [6, 6.07) is 0. The molecule has 2 saturated heterocycles. The van der Waals surface area contributed by atoms with E-state index in [1.165, 1.54) is 7.05 Å². The minimum absolute atomic E-state index is 0.0599. The van der Waals surface area contributed by atoms with Crippen molar-refractivity contribution in [3.05, 3.63) is 0 Å². The van der Waals surface area contributed by atoms with Gasteiger partial charge in [0.1, 0.15) is 12.9 Å². The van der Waals surface area contributed by atoms with Crippen LogP contribution < -0.4 is 0 Å². The molecule has 8 nitrogen and oxygen atoms in total. The molecule has 8 heteroatoms. The molecule has 0 bridgehead atoms. The first-order valence-electron chi connectivity index (χ1n) is 6.29. The van der Waals surface area contributed by atoms with Gasteiger partial charge in [0.25, 0.3) is 5.91 Å². The van der Waals surface area contributed by atoms with Crippen molar-refractivity contribution in [2.24, 2.45) is 5.92 Å². The number of fused-ring (bicyclic) bond motifs is 1. The Hall–Kier alpha value is -1.67. The van der Waals surface area contributed by atoms with Crippen molar-refractivity contribution >= 4 is 18.9 Å². The van der Waals surface area contributed by atoms with E-state index in [-0.39, 0.29) is 30.6 Å². The van der Waals surface area contributed by atoms with Crippen molar-refractivity contribution in [1.29, 1.82) is 0 Å². The molecule has 3 atom stereocenters. The van der Waals surface area contributed by atoms with Crippen LogP contribution in [-0.4, -0.2) is 56.6 Å². The van der Waals surface area contributed by atoms with Gasteiger partial charge in [-0.3, -0.25) is 4.79 Å². The van der Waals surface area contributed by atoms with Crippen molar-refractivity contribution in [1.82, 2.24) is 5.06 Å². The van der Waals surface area contributed by atoms with E-state index in [0.29, 0.717) is 13.2 Å². The van der Waals surface area contributed by atoms with Gasteiger partial charge < -0.3 is 23.8 Å². The molecule has 2 heterocycles. The largest absolute Gasteiger partial charge is 0.533 e. The van der Waals surface area contributed by atoms with Crippen LogP contribution >= 0.6 is 0 Å². The maximum absolute atomic E-state index is 11.5. The van der Waals surface area contributed by atoms with Crippen LogP contribution in [-0.2, 0) is 28.6 Å². The van der Waals surface area contributed by atoms with E-state index in [2.05, 4.69) is 0 Å². The third-order valence-corrected chi connectivity index (χ3v) is 3.10. The monoisotopic (exact) mass is 289 g/mol. The molecule has 0 saturated carbocycles. The maximum Gasteiger partial charge on any atom is 0.533 e. The molecule has 0 N–H and O–H groups in total. The summed E-state index contributed by atoms with van der Waals surface area (Å²) in [6.45, 7) is 4.59. The second-order valence-corrected chi connectivity index (χ2v) is 4.27. The van der Waals surface area contributed by atoms with Crippen LogP contribution in [0.25, 0.3) is 0 Å². The lowest BCUT2D eigenvalue weighted by Gasteiger charge is -2.18. The molecule has 0 aromatic heterocycles. The normalized spacial score (nSPS) is 27.0. The van der Waals surface area contributed by atoms with Gasteiger partial charge in [-0.25, -0.2) is 4.79 Å². The number of hydrogen-bond acceptors (Lipinski definition) is 7. The topological polar surface area (TPSA) is 91.4 Å². The summed E-state index contributed by atoms with van der Waals surface area (Å²) in [7, 11) is 1.37. The summed E-state index contributed by atoms with van der Waals surface area (Å²) in [5.41, 5.74) is 0. The number of ether oxygens (including phenoxy) is 3. The zero-order valence-corrected chi connectivity index (χ0v) is 11.6. The molecule has 2 rings (SSSR count). The lowest BCUT2D eigenvalue weighted by molar-refractivity contribution is -0.168. The fourth-order valence-electron chi connectivity index (χ4n) is 2.08. The highest BCUT2D eigenvalue weighted by Crippen LogP contribution is 2.33. The van der Waals surface area contributed by atoms with Crippen LogP contribution in [0.5, 0.6) is 0 Å². The van der Waals surface area contributed by atoms with Crippen molar-refractivity contribution in [3.8, 4) is 0 Å². The maximum atomic E-state index is 11.5. The number of amides is 1. The molecule has 2 aliphatic rings. The zero-order chi connectivity index (χ0) is 15.1. The standard InChI is InChI=1S/C11H17NO6.CH2O/c1-3-9(13)12(2)18-11(14)17-8-6-16-10-7(8)4-5-15-10;1-2/h7-8,10H,3-6H2,1-2H3;1H2. The number of carbonyl (C=O) groups excluding carboxylic acids is 3. The third kappa shape index (κ3) is 3.91. The van der Waals surface area contributed by atoms with Gasteiger partial charge in [0.15, 0.2) is 6.29 Å². The zero-order valence-electron chi connectivity index (χ0n) is 11.6. The summed E-state index contributed by atoms with van der Waals surface area (Å²) in [5.74, 6) is -0.235. The summed E-state index contributed by atoms with van der Waals surface area (Å²) in [5, 5.41) is 0.876. The van der Waals surface area contributed by atoms with Crippen molar-refractivity contribution < 1.29 is 33.4 Å². The van der Waals surface area contributed by atoms with Crippen LogP contribution in [0, 0.1) is 5.92 Å². The number of hydroxylamine groups is 2. The molecule has 0 radical (unpaired) electrons. The fourth-order valence-corrected chi connectivity index (χ4v) is 2.08. The van der Waals surface area contributed by atoms with Crippen LogP contribution in [0.1, 0.15) is 19.8 Å². The highest BCUT2D eigenvalue weighted by molar-refractivity contribution is 5.76. The smallest absolute Gasteiger partial charge is 0.426 e. The molecule has 3 unspecified atom stereocenters. The van der Waals surface area contributed by atoms with E-state index in [1.54, 1.807) is 6.92 Å². The molecule has 1 amide bonds. The summed E-state index contributed by atoms with van der Waals surface area (Å²) in [4.78, 5) is 35.4. The third-order valence-electron chi connectivity index (χ3n) is 3.10. The van der Waals surface area contributed by atoms with E-state index in [9.17, 15) is 9.59 Å².